The second kappa shape index (κ2) is 5.67. The molecular formula is C14H7Cl2F3N2O2. The van der Waals surface area contributed by atoms with E-state index in [9.17, 15) is 13.2 Å². The van der Waals surface area contributed by atoms with Crippen LogP contribution in [0.3, 0.4) is 0 Å². The van der Waals surface area contributed by atoms with Crippen molar-refractivity contribution in [2.24, 2.45) is 0 Å². The van der Waals surface area contributed by atoms with Crippen LogP contribution in [-0.4, -0.2) is 15.1 Å². The number of rotatable bonds is 2. The standard InChI is InChI=1S/C14H7Cl2F3N2O2/c15-8-3-6(5-22)4-9-11(8)23-13(21-9)7-1-2-20-12(16)10(7)14(17,18)19/h1-4,22H,5H2. The summed E-state index contributed by atoms with van der Waals surface area (Å²) in [6.45, 7) is -0.285. The molecular weight excluding hydrogens is 356 g/mol. The fourth-order valence-electron chi connectivity index (χ4n) is 2.14. The first-order chi connectivity index (χ1) is 10.8. The van der Waals surface area contributed by atoms with Gasteiger partial charge in [-0.25, -0.2) is 9.97 Å². The summed E-state index contributed by atoms with van der Waals surface area (Å²) in [5, 5.41) is 8.58. The molecule has 0 radical (unpaired) electrons. The second-order valence-electron chi connectivity index (χ2n) is 4.63. The van der Waals surface area contributed by atoms with E-state index in [0.29, 0.717) is 5.56 Å². The fourth-order valence-corrected chi connectivity index (χ4v) is 2.68. The first-order valence-electron chi connectivity index (χ1n) is 6.23. The van der Waals surface area contributed by atoms with Crippen molar-refractivity contribution < 1.29 is 22.7 Å². The first kappa shape index (κ1) is 16.0. The van der Waals surface area contributed by atoms with E-state index in [4.69, 9.17) is 32.7 Å². The maximum absolute atomic E-state index is 13.2. The van der Waals surface area contributed by atoms with E-state index in [1.807, 2.05) is 0 Å². The molecule has 0 atom stereocenters. The third kappa shape index (κ3) is 2.87. The van der Waals surface area contributed by atoms with Crippen LogP contribution in [0.15, 0.2) is 28.8 Å². The lowest BCUT2D eigenvalue weighted by atomic mass is 10.1. The van der Waals surface area contributed by atoms with Crippen LogP contribution in [0.4, 0.5) is 13.2 Å². The summed E-state index contributed by atoms with van der Waals surface area (Å²) < 4.78 is 45.0. The molecule has 0 fully saturated rings. The van der Waals surface area contributed by atoms with E-state index >= 15 is 0 Å². The van der Waals surface area contributed by atoms with E-state index < -0.39 is 16.9 Å². The van der Waals surface area contributed by atoms with Crippen molar-refractivity contribution >= 4 is 34.3 Å². The van der Waals surface area contributed by atoms with Gasteiger partial charge in [-0.3, -0.25) is 0 Å². The molecule has 3 rings (SSSR count). The molecule has 2 heterocycles. The van der Waals surface area contributed by atoms with Gasteiger partial charge in [0, 0.05) is 6.20 Å². The van der Waals surface area contributed by atoms with Gasteiger partial charge < -0.3 is 9.52 Å². The highest BCUT2D eigenvalue weighted by atomic mass is 35.5. The SMILES string of the molecule is OCc1cc(Cl)c2oc(-c3ccnc(Cl)c3C(F)(F)F)nc2c1. The second-order valence-corrected chi connectivity index (χ2v) is 5.39. The zero-order valence-corrected chi connectivity index (χ0v) is 12.7. The zero-order valence-electron chi connectivity index (χ0n) is 11.2. The predicted octanol–water partition coefficient (Wildman–Crippen LogP) is 4.71. The minimum absolute atomic E-state index is 0.125. The monoisotopic (exact) mass is 362 g/mol. The normalized spacial score (nSPS) is 12.1. The van der Waals surface area contributed by atoms with Crippen molar-refractivity contribution in [3.8, 4) is 11.5 Å². The third-order valence-corrected chi connectivity index (χ3v) is 3.67. The molecule has 23 heavy (non-hydrogen) atoms. The van der Waals surface area contributed by atoms with Crippen LogP contribution in [0, 0.1) is 0 Å². The van der Waals surface area contributed by atoms with Gasteiger partial charge >= 0.3 is 6.18 Å². The Labute approximate surface area is 137 Å². The Hall–Kier alpha value is -1.83. The van der Waals surface area contributed by atoms with Gasteiger partial charge in [0.25, 0.3) is 0 Å². The van der Waals surface area contributed by atoms with Crippen molar-refractivity contribution in [3.05, 3.63) is 45.7 Å². The molecule has 0 aliphatic carbocycles. The number of aliphatic hydroxyl groups excluding tert-OH is 1. The average Bonchev–Trinajstić information content (AvgIpc) is 2.90. The van der Waals surface area contributed by atoms with E-state index in [1.165, 1.54) is 12.1 Å². The Balaban J connectivity index is 2.26. The van der Waals surface area contributed by atoms with Gasteiger partial charge in [0.15, 0.2) is 5.58 Å². The molecule has 2 aromatic heterocycles. The van der Waals surface area contributed by atoms with Crippen molar-refractivity contribution in [2.75, 3.05) is 0 Å². The number of aromatic nitrogens is 2. The number of benzene rings is 1. The molecule has 0 aliphatic rings. The average molecular weight is 363 g/mol. The Bertz CT molecular complexity index is 894. The van der Waals surface area contributed by atoms with E-state index in [-0.39, 0.29) is 34.2 Å². The van der Waals surface area contributed by atoms with Gasteiger partial charge in [-0.15, -0.1) is 0 Å². The van der Waals surface area contributed by atoms with Gasteiger partial charge in [0.1, 0.15) is 16.2 Å². The van der Waals surface area contributed by atoms with E-state index in [0.717, 1.165) is 12.3 Å². The number of pyridine rings is 1. The molecule has 120 valence electrons. The summed E-state index contributed by atoms with van der Waals surface area (Å²) in [4.78, 5) is 7.47. The molecule has 0 bridgehead atoms. The Kier molecular flexibility index (Phi) is 3.95. The summed E-state index contributed by atoms with van der Waals surface area (Å²) in [7, 11) is 0. The quantitative estimate of drug-likeness (QED) is 0.670. The van der Waals surface area contributed by atoms with Crippen LogP contribution in [0.1, 0.15) is 11.1 Å². The highest BCUT2D eigenvalue weighted by molar-refractivity contribution is 6.34. The smallest absolute Gasteiger partial charge is 0.420 e. The topological polar surface area (TPSA) is 59.2 Å². The Morgan fingerprint density at radius 2 is 1.96 bits per heavy atom. The first-order valence-corrected chi connectivity index (χ1v) is 6.98. The maximum Gasteiger partial charge on any atom is 0.420 e. The van der Waals surface area contributed by atoms with Crippen molar-refractivity contribution in [1.82, 2.24) is 9.97 Å². The summed E-state index contributed by atoms with van der Waals surface area (Å²) in [5.74, 6) is -0.284. The van der Waals surface area contributed by atoms with Crippen LogP contribution < -0.4 is 0 Å². The number of hydrogen-bond donors (Lipinski definition) is 1. The van der Waals surface area contributed by atoms with Crippen LogP contribution in [-0.2, 0) is 12.8 Å². The molecule has 0 unspecified atom stereocenters. The lowest BCUT2D eigenvalue weighted by Crippen LogP contribution is -2.09. The van der Waals surface area contributed by atoms with Gasteiger partial charge in [-0.2, -0.15) is 13.2 Å². The van der Waals surface area contributed by atoms with Crippen LogP contribution in [0.25, 0.3) is 22.6 Å². The maximum atomic E-state index is 13.2. The number of hydrogen-bond acceptors (Lipinski definition) is 4. The molecule has 0 spiro atoms. The van der Waals surface area contributed by atoms with Gasteiger partial charge in [0.2, 0.25) is 5.89 Å². The van der Waals surface area contributed by atoms with Crippen molar-refractivity contribution in [1.29, 1.82) is 0 Å². The number of fused-ring (bicyclic) bond motifs is 1. The molecule has 3 aromatic rings. The minimum Gasteiger partial charge on any atom is -0.434 e. The molecule has 1 aromatic carbocycles. The number of nitrogens with zero attached hydrogens (tertiary/aromatic N) is 2. The number of oxazole rings is 1. The minimum atomic E-state index is -4.72. The summed E-state index contributed by atoms with van der Waals surface area (Å²) >= 11 is 11.6. The molecule has 0 amide bonds. The third-order valence-electron chi connectivity index (χ3n) is 3.11. The lowest BCUT2D eigenvalue weighted by molar-refractivity contribution is -0.137. The van der Waals surface area contributed by atoms with Crippen LogP contribution >= 0.6 is 23.2 Å². The zero-order chi connectivity index (χ0) is 16.8. The predicted molar refractivity (Wildman–Crippen MR) is 78.2 cm³/mol. The van der Waals surface area contributed by atoms with E-state index in [2.05, 4.69) is 9.97 Å². The van der Waals surface area contributed by atoms with E-state index in [1.54, 1.807) is 0 Å². The Morgan fingerprint density at radius 3 is 2.61 bits per heavy atom. The van der Waals surface area contributed by atoms with Crippen molar-refractivity contribution in [3.63, 3.8) is 0 Å². The molecule has 9 heteroatoms. The number of halogens is 5. The van der Waals surface area contributed by atoms with Crippen molar-refractivity contribution in [2.45, 2.75) is 12.8 Å². The highest BCUT2D eigenvalue weighted by Gasteiger charge is 2.38. The summed E-state index contributed by atoms with van der Waals surface area (Å²) in [5.41, 5.74) is -0.647. The fraction of sp³-hybridized carbons (Fsp3) is 0.143. The van der Waals surface area contributed by atoms with Gasteiger partial charge in [0.05, 0.1) is 17.2 Å². The highest BCUT2D eigenvalue weighted by Crippen LogP contribution is 2.41. The molecule has 0 saturated carbocycles. The molecule has 0 saturated heterocycles. The van der Waals surface area contributed by atoms with Crippen LogP contribution in [0.2, 0.25) is 10.2 Å². The van der Waals surface area contributed by atoms with Gasteiger partial charge in [-0.05, 0) is 23.8 Å². The Morgan fingerprint density at radius 1 is 1.22 bits per heavy atom. The molecule has 4 nitrogen and oxygen atoms in total. The number of aliphatic hydroxyl groups is 1. The molecule has 1 N–H and O–H groups in total. The number of alkyl halides is 3. The lowest BCUT2D eigenvalue weighted by Gasteiger charge is -2.11. The van der Waals surface area contributed by atoms with Crippen LogP contribution in [0.5, 0.6) is 0 Å². The summed E-state index contributed by atoms with van der Waals surface area (Å²) in [6.07, 6.45) is -3.59. The summed E-state index contributed by atoms with van der Waals surface area (Å²) in [6, 6.07) is 4.04. The molecule has 0 aliphatic heterocycles. The largest absolute Gasteiger partial charge is 0.434 e. The van der Waals surface area contributed by atoms with Gasteiger partial charge in [-0.1, -0.05) is 23.2 Å².